The van der Waals surface area contributed by atoms with Gasteiger partial charge in [-0.15, -0.1) is 0 Å². The molecule has 2 atom stereocenters. The van der Waals surface area contributed by atoms with E-state index in [1.807, 2.05) is 31.2 Å². The minimum absolute atomic E-state index is 0.154. The Bertz CT molecular complexity index is 990. The van der Waals surface area contributed by atoms with Crippen LogP contribution in [0.15, 0.2) is 84.8 Å². The predicted octanol–water partition coefficient (Wildman–Crippen LogP) is 4.45. The lowest BCUT2D eigenvalue weighted by atomic mass is 10.2. The lowest BCUT2D eigenvalue weighted by molar-refractivity contribution is 0.213. The molecule has 6 heteroatoms. The van der Waals surface area contributed by atoms with Crippen LogP contribution in [-0.2, 0) is 14.4 Å². The molecular weight excluding hydrogens is 434 g/mol. The van der Waals surface area contributed by atoms with Gasteiger partial charge in [0.25, 0.3) is 8.32 Å². The van der Waals surface area contributed by atoms with E-state index in [-0.39, 0.29) is 17.1 Å². The van der Waals surface area contributed by atoms with E-state index in [1.165, 1.54) is 10.4 Å². The van der Waals surface area contributed by atoms with Gasteiger partial charge in [-0.1, -0.05) is 100 Å². The first-order valence-corrected chi connectivity index (χ1v) is 14.6. The van der Waals surface area contributed by atoms with E-state index in [9.17, 15) is 8.42 Å². The van der Waals surface area contributed by atoms with Gasteiger partial charge in [0, 0.05) is 17.5 Å². The topological polar surface area (TPSA) is 46.6 Å². The summed E-state index contributed by atoms with van der Waals surface area (Å²) in [5.41, 5.74) is 0. The van der Waals surface area contributed by atoms with E-state index in [0.29, 0.717) is 6.61 Å². The number of rotatable bonds is 8. The fourth-order valence-electron chi connectivity index (χ4n) is 4.91. The van der Waals surface area contributed by atoms with Crippen molar-refractivity contribution in [1.29, 1.82) is 0 Å². The Kier molecular flexibility index (Phi) is 7.60. The van der Waals surface area contributed by atoms with Crippen LogP contribution < -0.4 is 10.4 Å². The van der Waals surface area contributed by atoms with Crippen LogP contribution in [-0.4, -0.2) is 39.7 Å². The van der Waals surface area contributed by atoms with Gasteiger partial charge in [-0.2, -0.15) is 4.31 Å². The van der Waals surface area contributed by atoms with Gasteiger partial charge in [-0.3, -0.25) is 0 Å². The van der Waals surface area contributed by atoms with Crippen molar-refractivity contribution >= 4 is 28.7 Å². The van der Waals surface area contributed by atoms with Gasteiger partial charge in [0.1, 0.15) is 0 Å². The zero-order chi connectivity index (χ0) is 23.4. The molecule has 2 aromatic rings. The third-order valence-electron chi connectivity index (χ3n) is 6.31. The normalized spacial score (nSPS) is 20.6. The van der Waals surface area contributed by atoms with E-state index in [1.54, 1.807) is 4.31 Å². The molecule has 0 aliphatic carbocycles. The van der Waals surface area contributed by atoms with Crippen molar-refractivity contribution in [2.24, 2.45) is 0 Å². The largest absolute Gasteiger partial charge is 0.406 e. The van der Waals surface area contributed by atoms with Crippen LogP contribution in [0.1, 0.15) is 40.5 Å². The van der Waals surface area contributed by atoms with Crippen LogP contribution in [0, 0.1) is 0 Å². The maximum atomic E-state index is 12.9. The summed E-state index contributed by atoms with van der Waals surface area (Å²) in [4.78, 5) is 0. The zero-order valence-electron chi connectivity index (χ0n) is 19.6. The molecule has 172 valence electrons. The van der Waals surface area contributed by atoms with Crippen LogP contribution >= 0.6 is 0 Å². The van der Waals surface area contributed by atoms with Gasteiger partial charge < -0.3 is 4.43 Å². The Labute approximate surface area is 194 Å². The van der Waals surface area contributed by atoms with Crippen LogP contribution in [0.25, 0.3) is 0 Å². The average molecular weight is 470 g/mol. The highest BCUT2D eigenvalue weighted by atomic mass is 32.2. The van der Waals surface area contributed by atoms with E-state index in [4.69, 9.17) is 4.43 Å². The van der Waals surface area contributed by atoms with E-state index < -0.39 is 18.3 Å². The summed E-state index contributed by atoms with van der Waals surface area (Å²) in [5.74, 6) is 0. The molecule has 0 unspecified atom stereocenters. The molecule has 1 fully saturated rings. The highest BCUT2D eigenvalue weighted by Crippen LogP contribution is 2.38. The number of benzene rings is 2. The first kappa shape index (κ1) is 24.6. The quantitative estimate of drug-likeness (QED) is 0.424. The third kappa shape index (κ3) is 4.69. The molecule has 2 aromatic carbocycles. The van der Waals surface area contributed by atoms with Crippen LogP contribution in [0.5, 0.6) is 0 Å². The first-order valence-electron chi connectivity index (χ1n) is 11.2. The van der Waals surface area contributed by atoms with E-state index in [0.717, 1.165) is 18.2 Å². The maximum Gasteiger partial charge on any atom is 0.261 e. The Morgan fingerprint density at radius 1 is 1.03 bits per heavy atom. The summed E-state index contributed by atoms with van der Waals surface area (Å²) in [6.45, 7) is 12.5. The van der Waals surface area contributed by atoms with Crippen LogP contribution in [0.4, 0.5) is 0 Å². The minimum Gasteiger partial charge on any atom is -0.406 e. The van der Waals surface area contributed by atoms with E-state index in [2.05, 4.69) is 75.9 Å². The molecule has 4 nitrogen and oxygen atoms in total. The lowest BCUT2D eigenvalue weighted by Crippen LogP contribution is -2.67. The molecule has 0 N–H and O–H groups in total. The monoisotopic (exact) mass is 469 g/mol. The fourth-order valence-corrected chi connectivity index (χ4v) is 10.8. The molecule has 0 radical (unpaired) electrons. The number of hydrogen-bond acceptors (Lipinski definition) is 3. The second-order valence-electron chi connectivity index (χ2n) is 9.34. The molecule has 3 rings (SSSR count). The summed E-state index contributed by atoms with van der Waals surface area (Å²) >= 11 is 0. The summed E-state index contributed by atoms with van der Waals surface area (Å²) in [5, 5.41) is 3.30. The molecule has 1 heterocycles. The molecule has 0 bridgehead atoms. The van der Waals surface area contributed by atoms with Gasteiger partial charge in [0.2, 0.25) is 10.0 Å². The zero-order valence-corrected chi connectivity index (χ0v) is 21.4. The Balaban J connectivity index is 2.06. The maximum absolute atomic E-state index is 12.9. The number of sulfonamides is 1. The molecule has 32 heavy (non-hydrogen) atoms. The molecular formula is C26H35NO3SSi. The summed E-state index contributed by atoms with van der Waals surface area (Å²) < 4.78 is 34.4. The third-order valence-corrected chi connectivity index (χ3v) is 12.9. The molecule has 0 spiro atoms. The van der Waals surface area contributed by atoms with Gasteiger partial charge in [0.15, 0.2) is 0 Å². The smallest absolute Gasteiger partial charge is 0.261 e. The lowest BCUT2D eigenvalue weighted by Gasteiger charge is -2.44. The predicted molar refractivity (Wildman–Crippen MR) is 136 cm³/mol. The molecule has 1 saturated heterocycles. The molecule has 0 aromatic heterocycles. The number of allylic oxidation sites excluding steroid dienone is 1. The van der Waals surface area contributed by atoms with Crippen LogP contribution in [0.3, 0.4) is 0 Å². The Hall–Kier alpha value is -1.99. The van der Waals surface area contributed by atoms with Crippen molar-refractivity contribution in [3.05, 3.63) is 84.8 Å². The minimum atomic E-state index is -3.57. The average Bonchev–Trinajstić information content (AvgIpc) is 3.18. The van der Waals surface area contributed by atoms with Gasteiger partial charge >= 0.3 is 0 Å². The molecule has 1 aliphatic heterocycles. The molecule has 0 amide bonds. The molecule has 0 saturated carbocycles. The first-order chi connectivity index (χ1) is 15.2. The highest BCUT2D eigenvalue weighted by Gasteiger charge is 2.51. The van der Waals surface area contributed by atoms with Crippen molar-refractivity contribution in [1.82, 2.24) is 4.31 Å². The van der Waals surface area contributed by atoms with Crippen molar-refractivity contribution in [2.75, 3.05) is 6.61 Å². The van der Waals surface area contributed by atoms with Gasteiger partial charge in [-0.05, 0) is 35.2 Å². The molecule has 1 aliphatic rings. The van der Waals surface area contributed by atoms with Crippen molar-refractivity contribution in [2.45, 2.75) is 57.7 Å². The van der Waals surface area contributed by atoms with Gasteiger partial charge in [0.05, 0.1) is 6.61 Å². The summed E-state index contributed by atoms with van der Waals surface area (Å²) in [7, 11) is -6.29. The number of nitrogens with zero attached hydrogens (tertiary/aromatic N) is 1. The second kappa shape index (κ2) is 9.87. The summed E-state index contributed by atoms with van der Waals surface area (Å²) in [6, 6.07) is 20.5. The second-order valence-corrected chi connectivity index (χ2v) is 15.4. The standard InChI is InChI=1S/C26H35NO3SSi/c1-6-14-22-19-20-23(27(22)31(28,29)7-2)21-30-32(26(3,4)5,24-15-10-8-11-16-24)25-17-12-9-13-18-25/h6-18,22-23H,2,19-21H2,1,3-5H3/b14-6-/t22-,23+/m1/s1. The Morgan fingerprint density at radius 3 is 2.00 bits per heavy atom. The van der Waals surface area contributed by atoms with Crippen molar-refractivity contribution in [3.8, 4) is 0 Å². The Morgan fingerprint density at radius 2 is 1.56 bits per heavy atom. The van der Waals surface area contributed by atoms with Crippen molar-refractivity contribution < 1.29 is 12.8 Å². The fraction of sp³-hybridized carbons (Fsp3) is 0.385. The van der Waals surface area contributed by atoms with Crippen molar-refractivity contribution in [3.63, 3.8) is 0 Å². The highest BCUT2D eigenvalue weighted by molar-refractivity contribution is 7.92. The SMILES string of the molecule is C=CS(=O)(=O)N1[C@H](CO[Si](c2ccccc2)(c2ccccc2)C(C)(C)C)CC[C@H]1/C=C\C. The van der Waals surface area contributed by atoms with E-state index >= 15 is 0 Å². The number of hydrogen-bond donors (Lipinski definition) is 0. The summed E-state index contributed by atoms with van der Waals surface area (Å²) in [6.07, 6.45) is 5.43. The van der Waals surface area contributed by atoms with Gasteiger partial charge in [-0.25, -0.2) is 8.42 Å². The van der Waals surface area contributed by atoms with Crippen LogP contribution in [0.2, 0.25) is 5.04 Å².